The molecule has 2 unspecified atom stereocenters. The van der Waals surface area contributed by atoms with E-state index in [0.717, 1.165) is 17.6 Å². The fraction of sp³-hybridized carbons (Fsp3) is 0.300. The van der Waals surface area contributed by atoms with Crippen molar-refractivity contribution in [2.45, 2.75) is 6.10 Å². The van der Waals surface area contributed by atoms with Gasteiger partial charge in [-0.25, -0.2) is 0 Å². The molecule has 0 saturated carbocycles. The molecule has 25 heavy (non-hydrogen) atoms. The summed E-state index contributed by atoms with van der Waals surface area (Å²) in [5.41, 5.74) is 2.20. The topological polar surface area (TPSA) is 46.6 Å². The number of para-hydroxylation sites is 1. The van der Waals surface area contributed by atoms with E-state index < -0.39 is 0 Å². The molecular formula is C20H21N2O3+. The highest BCUT2D eigenvalue weighted by atomic mass is 16.5. The average Bonchev–Trinajstić information content (AvgIpc) is 2.88. The van der Waals surface area contributed by atoms with Crippen LogP contribution >= 0.6 is 0 Å². The van der Waals surface area contributed by atoms with Crippen LogP contribution in [0.4, 0.5) is 5.69 Å². The second-order valence-corrected chi connectivity index (χ2v) is 6.90. The summed E-state index contributed by atoms with van der Waals surface area (Å²) >= 11 is 0. The zero-order chi connectivity index (χ0) is 17.4. The molecule has 2 aromatic carbocycles. The van der Waals surface area contributed by atoms with Gasteiger partial charge in [-0.05, 0) is 24.3 Å². The molecule has 0 spiro atoms. The molecule has 5 nitrogen and oxygen atoms in total. The molecule has 2 heterocycles. The van der Waals surface area contributed by atoms with E-state index in [1.54, 1.807) is 24.3 Å². The molecule has 2 aliphatic rings. The van der Waals surface area contributed by atoms with Crippen molar-refractivity contribution in [1.29, 1.82) is 0 Å². The van der Waals surface area contributed by atoms with Gasteiger partial charge in [0.15, 0.2) is 0 Å². The molecule has 0 N–H and O–H groups in total. The molecule has 1 fully saturated rings. The summed E-state index contributed by atoms with van der Waals surface area (Å²) in [6.45, 7) is 2.52. The molecule has 128 valence electrons. The van der Waals surface area contributed by atoms with Gasteiger partial charge in [0.05, 0.1) is 31.3 Å². The van der Waals surface area contributed by atoms with Crippen LogP contribution in [0.15, 0.2) is 54.6 Å². The number of likely N-dealkylation sites (N-methyl/N-ethyl adjacent to an activating group) is 1. The highest BCUT2D eigenvalue weighted by Crippen LogP contribution is 2.27. The molecule has 1 saturated heterocycles. The van der Waals surface area contributed by atoms with Crippen LogP contribution in [0.25, 0.3) is 0 Å². The van der Waals surface area contributed by atoms with E-state index in [2.05, 4.69) is 19.2 Å². The predicted molar refractivity (Wildman–Crippen MR) is 95.4 cm³/mol. The maximum atomic E-state index is 12.6. The second-order valence-electron chi connectivity index (χ2n) is 6.90. The van der Waals surface area contributed by atoms with E-state index in [0.29, 0.717) is 24.3 Å². The second kappa shape index (κ2) is 6.10. The Morgan fingerprint density at radius 2 is 1.60 bits per heavy atom. The Morgan fingerprint density at radius 3 is 2.24 bits per heavy atom. The summed E-state index contributed by atoms with van der Waals surface area (Å²) in [4.78, 5) is 26.4. The van der Waals surface area contributed by atoms with Crippen LogP contribution in [0.5, 0.6) is 0 Å². The largest absolute Gasteiger partial charge is 0.365 e. The van der Waals surface area contributed by atoms with Crippen molar-refractivity contribution in [3.63, 3.8) is 0 Å². The molecule has 5 heteroatoms. The quantitative estimate of drug-likeness (QED) is 0.638. The van der Waals surface area contributed by atoms with E-state index in [9.17, 15) is 9.59 Å². The molecule has 0 aromatic heterocycles. The number of benzene rings is 2. The van der Waals surface area contributed by atoms with Gasteiger partial charge in [0, 0.05) is 0 Å². The third kappa shape index (κ3) is 2.75. The van der Waals surface area contributed by atoms with Gasteiger partial charge in [0.25, 0.3) is 11.8 Å². The molecule has 0 bridgehead atoms. The Hall–Kier alpha value is -2.50. The number of morpholine rings is 1. The zero-order valence-corrected chi connectivity index (χ0v) is 14.2. The van der Waals surface area contributed by atoms with Gasteiger partial charge in [-0.2, -0.15) is 0 Å². The molecule has 2 aliphatic heterocycles. The van der Waals surface area contributed by atoms with Gasteiger partial charge in [0.1, 0.15) is 24.9 Å². The molecule has 2 atom stereocenters. The normalized spacial score (nSPS) is 26.0. The number of fused-ring (bicyclic) bond motifs is 1. The summed E-state index contributed by atoms with van der Waals surface area (Å²) in [7, 11) is 2.17. The first-order chi connectivity index (χ1) is 12.1. The number of imide groups is 1. The Kier molecular flexibility index (Phi) is 3.90. The number of carbonyl (C=O) groups is 2. The fourth-order valence-electron chi connectivity index (χ4n) is 3.76. The Labute approximate surface area is 147 Å². The highest BCUT2D eigenvalue weighted by Gasteiger charge is 2.40. The van der Waals surface area contributed by atoms with Crippen LogP contribution in [0.1, 0.15) is 20.7 Å². The van der Waals surface area contributed by atoms with E-state index in [4.69, 9.17) is 4.74 Å². The van der Waals surface area contributed by atoms with E-state index in [-0.39, 0.29) is 17.9 Å². The maximum Gasteiger partial charge on any atom is 0.261 e. The van der Waals surface area contributed by atoms with Crippen molar-refractivity contribution in [2.24, 2.45) is 0 Å². The smallest absolute Gasteiger partial charge is 0.261 e. The summed E-state index contributed by atoms with van der Waals surface area (Å²) in [5.74, 6) is -0.438. The third-order valence-electron chi connectivity index (χ3n) is 5.19. The first-order valence-corrected chi connectivity index (χ1v) is 8.55. The number of ether oxygens (including phenoxy) is 1. The number of nitrogens with zero attached hydrogens (tertiary/aromatic N) is 2. The summed E-state index contributed by atoms with van der Waals surface area (Å²) in [5, 5.41) is 0. The lowest BCUT2D eigenvalue weighted by Crippen LogP contribution is -2.59. The van der Waals surface area contributed by atoms with Gasteiger partial charge < -0.3 is 4.74 Å². The Morgan fingerprint density at radius 1 is 1.00 bits per heavy atom. The molecule has 4 rings (SSSR count). The van der Waals surface area contributed by atoms with Gasteiger partial charge in [-0.15, -0.1) is 0 Å². The number of carbonyl (C=O) groups excluding carboxylic acids is 2. The van der Waals surface area contributed by atoms with Crippen molar-refractivity contribution < 1.29 is 14.3 Å². The van der Waals surface area contributed by atoms with Crippen molar-refractivity contribution in [1.82, 2.24) is 9.38 Å². The lowest BCUT2D eigenvalue weighted by molar-refractivity contribution is -0.0274. The fourth-order valence-corrected chi connectivity index (χ4v) is 3.76. The van der Waals surface area contributed by atoms with Crippen LogP contribution in [-0.4, -0.2) is 56.1 Å². The number of hydrogen-bond acceptors (Lipinski definition) is 3. The SMILES string of the molecule is C[N+]1(c2ccccc2)CCOC(CN2C(=O)c3ccccc3C2=O)C1. The minimum absolute atomic E-state index is 0.166. The molecule has 2 amide bonds. The number of rotatable bonds is 3. The van der Waals surface area contributed by atoms with Crippen LogP contribution in [0, 0.1) is 0 Å². The molecule has 2 aromatic rings. The van der Waals surface area contributed by atoms with Crippen molar-refractivity contribution in [2.75, 3.05) is 33.3 Å². The Balaban J connectivity index is 1.52. The summed E-state index contributed by atoms with van der Waals surface area (Å²) < 4.78 is 6.64. The molecule has 0 radical (unpaired) electrons. The van der Waals surface area contributed by atoms with Crippen molar-refractivity contribution >= 4 is 17.5 Å². The van der Waals surface area contributed by atoms with E-state index in [1.165, 1.54) is 10.6 Å². The Bertz CT molecular complexity index is 786. The van der Waals surface area contributed by atoms with E-state index in [1.807, 2.05) is 18.2 Å². The molecule has 0 aliphatic carbocycles. The number of quaternary nitrogens is 1. The standard InChI is InChI=1S/C20H21N2O3/c1-22(15-7-3-2-4-8-15)11-12-25-16(14-22)13-21-19(23)17-9-5-6-10-18(17)20(21)24/h2-10,16H,11-14H2,1H3/q+1. The van der Waals surface area contributed by atoms with Gasteiger partial charge in [-0.3, -0.25) is 19.0 Å². The lowest BCUT2D eigenvalue weighted by atomic mass is 10.1. The monoisotopic (exact) mass is 337 g/mol. The van der Waals surface area contributed by atoms with Gasteiger partial charge in [-0.1, -0.05) is 30.3 Å². The minimum Gasteiger partial charge on any atom is -0.365 e. The van der Waals surface area contributed by atoms with Crippen LogP contribution in [0.2, 0.25) is 0 Å². The first kappa shape index (κ1) is 16.0. The van der Waals surface area contributed by atoms with Crippen molar-refractivity contribution in [3.05, 3.63) is 65.7 Å². The zero-order valence-electron chi connectivity index (χ0n) is 14.2. The van der Waals surface area contributed by atoms with Crippen LogP contribution < -0.4 is 4.48 Å². The summed E-state index contributed by atoms with van der Waals surface area (Å²) in [6.07, 6.45) is -0.166. The van der Waals surface area contributed by atoms with Crippen molar-refractivity contribution in [3.8, 4) is 0 Å². The number of hydrogen-bond donors (Lipinski definition) is 0. The first-order valence-electron chi connectivity index (χ1n) is 8.55. The van der Waals surface area contributed by atoms with Gasteiger partial charge >= 0.3 is 0 Å². The van der Waals surface area contributed by atoms with E-state index >= 15 is 0 Å². The van der Waals surface area contributed by atoms with Gasteiger partial charge in [0.2, 0.25) is 0 Å². The summed E-state index contributed by atoms with van der Waals surface area (Å²) in [6, 6.07) is 17.3. The minimum atomic E-state index is -0.219. The highest BCUT2D eigenvalue weighted by molar-refractivity contribution is 6.21. The molecular weight excluding hydrogens is 316 g/mol. The lowest BCUT2D eigenvalue weighted by Gasteiger charge is -2.41. The predicted octanol–water partition coefficient (Wildman–Crippen LogP) is 2.32. The maximum absolute atomic E-state index is 12.6. The number of amides is 2. The van der Waals surface area contributed by atoms with Crippen LogP contribution in [0.3, 0.4) is 0 Å². The third-order valence-corrected chi connectivity index (χ3v) is 5.19. The van der Waals surface area contributed by atoms with Crippen LogP contribution in [-0.2, 0) is 4.74 Å². The average molecular weight is 337 g/mol.